The van der Waals surface area contributed by atoms with Crippen molar-refractivity contribution in [2.24, 2.45) is 0 Å². The molecular weight excluding hydrogens is 317 g/mol. The molecule has 1 amide bonds. The Morgan fingerprint density at radius 1 is 1.04 bits per heavy atom. The van der Waals surface area contributed by atoms with Gasteiger partial charge in [-0.25, -0.2) is 9.37 Å². The molecule has 0 unspecified atom stereocenters. The molecule has 2 aromatic carbocycles. The average molecular weight is 335 g/mol. The average Bonchev–Trinajstić information content (AvgIpc) is 2.64. The standard InChI is InChI=1S/C20H18FN3O/c1-2-14-5-3-4-6-18(14)23-17-11-12-19(22-13-17)24-20(25)15-7-9-16(21)10-8-15/h3-13,23H,2H2,1H3,(H,22,24,25). The number of aryl methyl sites for hydroxylation is 1. The third kappa shape index (κ3) is 4.20. The lowest BCUT2D eigenvalue weighted by Crippen LogP contribution is -2.12. The molecule has 0 radical (unpaired) electrons. The predicted molar refractivity (Wildman–Crippen MR) is 97.7 cm³/mol. The van der Waals surface area contributed by atoms with Gasteiger partial charge in [0.05, 0.1) is 11.9 Å². The Morgan fingerprint density at radius 2 is 1.80 bits per heavy atom. The number of aromatic nitrogens is 1. The van der Waals surface area contributed by atoms with Gasteiger partial charge in [0, 0.05) is 11.3 Å². The number of para-hydroxylation sites is 1. The van der Waals surface area contributed by atoms with Crippen molar-refractivity contribution in [1.29, 1.82) is 0 Å². The molecule has 2 N–H and O–H groups in total. The van der Waals surface area contributed by atoms with Crippen molar-refractivity contribution in [3.63, 3.8) is 0 Å². The van der Waals surface area contributed by atoms with Gasteiger partial charge in [-0.3, -0.25) is 4.79 Å². The van der Waals surface area contributed by atoms with Crippen LogP contribution in [-0.4, -0.2) is 10.9 Å². The van der Waals surface area contributed by atoms with Gasteiger partial charge in [0.15, 0.2) is 0 Å². The molecule has 25 heavy (non-hydrogen) atoms. The Morgan fingerprint density at radius 3 is 2.48 bits per heavy atom. The number of amides is 1. The third-order valence-corrected chi connectivity index (χ3v) is 3.79. The van der Waals surface area contributed by atoms with Gasteiger partial charge in [-0.2, -0.15) is 0 Å². The van der Waals surface area contributed by atoms with Gasteiger partial charge >= 0.3 is 0 Å². The monoisotopic (exact) mass is 335 g/mol. The van der Waals surface area contributed by atoms with Crippen LogP contribution in [0.5, 0.6) is 0 Å². The summed E-state index contributed by atoms with van der Waals surface area (Å²) in [7, 11) is 0. The molecule has 0 atom stereocenters. The Hall–Kier alpha value is -3.21. The summed E-state index contributed by atoms with van der Waals surface area (Å²) in [4.78, 5) is 16.3. The number of hydrogen-bond donors (Lipinski definition) is 2. The Bertz CT molecular complexity index is 861. The van der Waals surface area contributed by atoms with Crippen molar-refractivity contribution >= 4 is 23.1 Å². The van der Waals surface area contributed by atoms with Crippen LogP contribution in [-0.2, 0) is 6.42 Å². The van der Waals surface area contributed by atoms with E-state index in [1.807, 2.05) is 24.3 Å². The van der Waals surface area contributed by atoms with E-state index in [9.17, 15) is 9.18 Å². The minimum atomic E-state index is -0.377. The highest BCUT2D eigenvalue weighted by atomic mass is 19.1. The van der Waals surface area contributed by atoms with E-state index in [1.54, 1.807) is 12.3 Å². The largest absolute Gasteiger partial charge is 0.354 e. The predicted octanol–water partition coefficient (Wildman–Crippen LogP) is 4.78. The Labute approximate surface area is 145 Å². The fraction of sp³-hybridized carbons (Fsp3) is 0.100. The zero-order valence-electron chi connectivity index (χ0n) is 13.8. The molecule has 0 bridgehead atoms. The van der Waals surface area contributed by atoms with Crippen LogP contribution in [0.15, 0.2) is 66.9 Å². The molecule has 3 aromatic rings. The summed E-state index contributed by atoms with van der Waals surface area (Å²) in [5.41, 5.74) is 3.47. The Balaban J connectivity index is 1.68. The van der Waals surface area contributed by atoms with E-state index in [-0.39, 0.29) is 11.7 Å². The molecule has 0 aliphatic rings. The zero-order chi connectivity index (χ0) is 17.6. The first-order valence-electron chi connectivity index (χ1n) is 8.03. The maximum Gasteiger partial charge on any atom is 0.256 e. The molecule has 0 fully saturated rings. The van der Waals surface area contributed by atoms with Crippen molar-refractivity contribution in [2.45, 2.75) is 13.3 Å². The van der Waals surface area contributed by atoms with Crippen molar-refractivity contribution in [3.8, 4) is 0 Å². The Kier molecular flexibility index (Phi) is 5.04. The van der Waals surface area contributed by atoms with Crippen LogP contribution in [0.3, 0.4) is 0 Å². The molecule has 0 aliphatic carbocycles. The maximum absolute atomic E-state index is 12.9. The molecule has 0 aliphatic heterocycles. The van der Waals surface area contributed by atoms with Crippen molar-refractivity contribution in [1.82, 2.24) is 4.98 Å². The van der Waals surface area contributed by atoms with Gasteiger partial charge < -0.3 is 10.6 Å². The van der Waals surface area contributed by atoms with Crippen LogP contribution in [0.25, 0.3) is 0 Å². The van der Waals surface area contributed by atoms with Gasteiger partial charge in [-0.1, -0.05) is 25.1 Å². The van der Waals surface area contributed by atoms with Crippen LogP contribution in [0, 0.1) is 5.82 Å². The molecule has 4 nitrogen and oxygen atoms in total. The second-order valence-electron chi connectivity index (χ2n) is 5.53. The number of carbonyl (C=O) groups excluding carboxylic acids is 1. The molecule has 3 rings (SSSR count). The highest BCUT2D eigenvalue weighted by Gasteiger charge is 2.07. The topological polar surface area (TPSA) is 54.0 Å². The van der Waals surface area contributed by atoms with Crippen LogP contribution in [0.2, 0.25) is 0 Å². The van der Waals surface area contributed by atoms with Crippen LogP contribution in [0.1, 0.15) is 22.8 Å². The van der Waals surface area contributed by atoms with E-state index >= 15 is 0 Å². The van der Waals surface area contributed by atoms with E-state index < -0.39 is 0 Å². The normalized spacial score (nSPS) is 10.3. The van der Waals surface area contributed by atoms with E-state index in [0.29, 0.717) is 11.4 Å². The van der Waals surface area contributed by atoms with Gasteiger partial charge in [0.25, 0.3) is 5.91 Å². The minimum absolute atomic E-state index is 0.329. The second-order valence-corrected chi connectivity index (χ2v) is 5.53. The minimum Gasteiger partial charge on any atom is -0.354 e. The summed E-state index contributed by atoms with van der Waals surface area (Å²) in [6.45, 7) is 2.10. The van der Waals surface area contributed by atoms with Crippen molar-refractivity contribution < 1.29 is 9.18 Å². The van der Waals surface area contributed by atoms with Crippen LogP contribution >= 0.6 is 0 Å². The van der Waals surface area contributed by atoms with Crippen LogP contribution in [0.4, 0.5) is 21.6 Å². The number of pyridine rings is 1. The lowest BCUT2D eigenvalue weighted by atomic mass is 10.1. The highest BCUT2D eigenvalue weighted by molar-refractivity contribution is 6.03. The molecule has 5 heteroatoms. The van der Waals surface area contributed by atoms with E-state index in [1.165, 1.54) is 29.8 Å². The van der Waals surface area contributed by atoms with E-state index in [4.69, 9.17) is 0 Å². The second kappa shape index (κ2) is 7.57. The molecule has 1 heterocycles. The van der Waals surface area contributed by atoms with E-state index in [2.05, 4.69) is 28.6 Å². The van der Waals surface area contributed by atoms with Gasteiger partial charge in [0.2, 0.25) is 0 Å². The first kappa shape index (κ1) is 16.6. The smallest absolute Gasteiger partial charge is 0.256 e. The molecular formula is C20H18FN3O. The summed E-state index contributed by atoms with van der Waals surface area (Å²) < 4.78 is 12.9. The molecule has 126 valence electrons. The molecule has 0 saturated carbocycles. The summed E-state index contributed by atoms with van der Waals surface area (Å²) >= 11 is 0. The highest BCUT2D eigenvalue weighted by Crippen LogP contribution is 2.21. The number of rotatable bonds is 5. The number of carbonyl (C=O) groups is 1. The third-order valence-electron chi connectivity index (χ3n) is 3.79. The number of benzene rings is 2. The summed E-state index contributed by atoms with van der Waals surface area (Å²) in [6.07, 6.45) is 2.59. The lowest BCUT2D eigenvalue weighted by Gasteiger charge is -2.11. The zero-order valence-corrected chi connectivity index (χ0v) is 13.8. The van der Waals surface area contributed by atoms with Crippen LogP contribution < -0.4 is 10.6 Å². The quantitative estimate of drug-likeness (QED) is 0.705. The SMILES string of the molecule is CCc1ccccc1Nc1ccc(NC(=O)c2ccc(F)cc2)nc1. The van der Waals surface area contributed by atoms with Gasteiger partial charge in [-0.05, 0) is 54.4 Å². The van der Waals surface area contributed by atoms with Gasteiger partial charge in [-0.15, -0.1) is 0 Å². The molecule has 1 aromatic heterocycles. The number of anilines is 3. The fourth-order valence-corrected chi connectivity index (χ4v) is 2.44. The van der Waals surface area contributed by atoms with Crippen molar-refractivity contribution in [2.75, 3.05) is 10.6 Å². The maximum atomic E-state index is 12.9. The summed E-state index contributed by atoms with van der Waals surface area (Å²) in [5, 5.41) is 6.02. The number of hydrogen-bond acceptors (Lipinski definition) is 3. The van der Waals surface area contributed by atoms with E-state index in [0.717, 1.165) is 17.8 Å². The number of nitrogens with zero attached hydrogens (tertiary/aromatic N) is 1. The first-order valence-corrected chi connectivity index (χ1v) is 8.03. The number of nitrogens with one attached hydrogen (secondary N) is 2. The van der Waals surface area contributed by atoms with Gasteiger partial charge in [0.1, 0.15) is 11.6 Å². The first-order chi connectivity index (χ1) is 12.2. The number of halogens is 1. The fourth-order valence-electron chi connectivity index (χ4n) is 2.44. The molecule has 0 saturated heterocycles. The summed E-state index contributed by atoms with van der Waals surface area (Å²) in [5.74, 6) is -0.273. The van der Waals surface area contributed by atoms with Crippen molar-refractivity contribution in [3.05, 3.63) is 83.8 Å². The molecule has 0 spiro atoms. The summed E-state index contributed by atoms with van der Waals surface area (Å²) in [6, 6.07) is 17.0. The lowest BCUT2D eigenvalue weighted by molar-refractivity contribution is 0.102.